The van der Waals surface area contributed by atoms with Gasteiger partial charge in [-0.25, -0.2) is 18.7 Å². The molecule has 0 saturated carbocycles. The Morgan fingerprint density at radius 1 is 1.32 bits per heavy atom. The second-order valence-corrected chi connectivity index (χ2v) is 9.09. The molecule has 0 bridgehead atoms. The summed E-state index contributed by atoms with van der Waals surface area (Å²) in [6, 6.07) is 2.91. The molecule has 34 heavy (non-hydrogen) atoms. The van der Waals surface area contributed by atoms with Crippen LogP contribution >= 0.6 is 11.6 Å². The summed E-state index contributed by atoms with van der Waals surface area (Å²) in [4.78, 5) is 42.3. The smallest absolute Gasteiger partial charge is 0.352 e. The van der Waals surface area contributed by atoms with Crippen LogP contribution in [0.15, 0.2) is 35.8 Å². The number of amides is 1. The van der Waals surface area contributed by atoms with E-state index in [-0.39, 0.29) is 28.7 Å². The Balaban J connectivity index is 1.95. The monoisotopic (exact) mass is 484 g/mol. The quantitative estimate of drug-likeness (QED) is 0.415. The molecule has 1 unspecified atom stereocenters. The lowest BCUT2D eigenvalue weighted by Crippen LogP contribution is -2.54. The van der Waals surface area contributed by atoms with Crippen LogP contribution in [-0.4, -0.2) is 56.0 Å². The third kappa shape index (κ3) is 4.04. The Hall–Kier alpha value is -3.33. The van der Waals surface area contributed by atoms with Gasteiger partial charge in [-0.2, -0.15) is 4.98 Å². The van der Waals surface area contributed by atoms with E-state index in [1.54, 1.807) is 17.2 Å². The summed E-state index contributed by atoms with van der Waals surface area (Å²) in [5, 5.41) is 0.0235. The van der Waals surface area contributed by atoms with E-state index in [4.69, 9.17) is 11.6 Å². The number of fused-ring (bicyclic) bond motifs is 1. The standard InChI is InChI=1S/C24H26ClFN6O2/c1-6-18(33)31-10-9-30(12-15(31)5)22-16-11-17(26)21(25)28-23(16)32(24(34)29-22)20-14(4)7-8-27-19(20)13(2)3/h6-8,11,13,15H,1,9-10,12H2,2-5H3. The van der Waals surface area contributed by atoms with Crippen LogP contribution in [-0.2, 0) is 4.79 Å². The predicted molar refractivity (Wildman–Crippen MR) is 130 cm³/mol. The van der Waals surface area contributed by atoms with E-state index in [1.165, 1.54) is 16.7 Å². The molecule has 0 N–H and O–H groups in total. The Bertz CT molecular complexity index is 1360. The van der Waals surface area contributed by atoms with Gasteiger partial charge in [0.05, 0.1) is 16.8 Å². The van der Waals surface area contributed by atoms with Gasteiger partial charge in [0.2, 0.25) is 5.91 Å². The van der Waals surface area contributed by atoms with Gasteiger partial charge in [0, 0.05) is 31.9 Å². The van der Waals surface area contributed by atoms with Gasteiger partial charge in [-0.1, -0.05) is 32.0 Å². The molecular weight excluding hydrogens is 459 g/mol. The number of rotatable bonds is 4. The molecule has 8 nitrogen and oxygen atoms in total. The highest BCUT2D eigenvalue weighted by atomic mass is 35.5. The third-order valence-corrected chi connectivity index (χ3v) is 6.33. The number of nitrogens with zero attached hydrogens (tertiary/aromatic N) is 6. The molecule has 1 fully saturated rings. The largest absolute Gasteiger partial charge is 0.355 e. The highest BCUT2D eigenvalue weighted by Gasteiger charge is 2.30. The van der Waals surface area contributed by atoms with Crippen molar-refractivity contribution in [3.63, 3.8) is 0 Å². The number of pyridine rings is 2. The van der Waals surface area contributed by atoms with Crippen molar-refractivity contribution >= 4 is 34.4 Å². The lowest BCUT2D eigenvalue weighted by molar-refractivity contribution is -0.128. The maximum Gasteiger partial charge on any atom is 0.355 e. The third-order valence-electron chi connectivity index (χ3n) is 6.07. The molecule has 1 amide bonds. The second kappa shape index (κ2) is 9.13. The summed E-state index contributed by atoms with van der Waals surface area (Å²) >= 11 is 6.07. The molecule has 10 heteroatoms. The van der Waals surface area contributed by atoms with E-state index in [1.807, 2.05) is 32.6 Å². The fourth-order valence-corrected chi connectivity index (χ4v) is 4.54. The molecule has 178 valence electrons. The van der Waals surface area contributed by atoms with Crippen molar-refractivity contribution in [1.82, 2.24) is 24.4 Å². The Kier molecular flexibility index (Phi) is 6.40. The number of hydrogen-bond acceptors (Lipinski definition) is 6. The summed E-state index contributed by atoms with van der Waals surface area (Å²) in [5.74, 6) is -0.538. The molecule has 4 heterocycles. The number of anilines is 1. The summed E-state index contributed by atoms with van der Waals surface area (Å²) in [7, 11) is 0. The zero-order chi connectivity index (χ0) is 24.7. The van der Waals surface area contributed by atoms with Crippen molar-refractivity contribution < 1.29 is 9.18 Å². The van der Waals surface area contributed by atoms with Crippen molar-refractivity contribution in [2.75, 3.05) is 24.5 Å². The number of aryl methyl sites for hydroxylation is 1. The fourth-order valence-electron chi connectivity index (χ4n) is 4.41. The number of hydrogen-bond donors (Lipinski definition) is 0. The molecule has 3 aromatic heterocycles. The van der Waals surface area contributed by atoms with Gasteiger partial charge in [-0.15, -0.1) is 0 Å². The van der Waals surface area contributed by atoms with Crippen molar-refractivity contribution in [3.8, 4) is 5.69 Å². The van der Waals surface area contributed by atoms with Crippen molar-refractivity contribution in [1.29, 1.82) is 0 Å². The van der Waals surface area contributed by atoms with Gasteiger partial charge in [0.1, 0.15) is 5.82 Å². The lowest BCUT2D eigenvalue weighted by Gasteiger charge is -2.40. The average molecular weight is 485 g/mol. The van der Waals surface area contributed by atoms with E-state index in [9.17, 15) is 14.0 Å². The van der Waals surface area contributed by atoms with Gasteiger partial charge >= 0.3 is 5.69 Å². The van der Waals surface area contributed by atoms with Gasteiger partial charge in [0.25, 0.3) is 0 Å². The van der Waals surface area contributed by atoms with Crippen LogP contribution in [0.4, 0.5) is 10.2 Å². The zero-order valence-corrected chi connectivity index (χ0v) is 20.3. The first kappa shape index (κ1) is 23.8. The number of carbonyl (C=O) groups excluding carboxylic acids is 1. The van der Waals surface area contributed by atoms with Crippen LogP contribution < -0.4 is 10.6 Å². The highest BCUT2D eigenvalue weighted by Crippen LogP contribution is 2.31. The lowest BCUT2D eigenvalue weighted by atomic mass is 10.0. The molecule has 0 aromatic carbocycles. The number of aromatic nitrogens is 4. The van der Waals surface area contributed by atoms with Gasteiger partial charge in [0.15, 0.2) is 16.6 Å². The molecule has 3 aromatic rings. The SMILES string of the molecule is C=CC(=O)N1CCN(c2nc(=O)n(-c3c(C)ccnc3C(C)C)c3nc(Cl)c(F)cc23)CC1C. The first-order valence-electron chi connectivity index (χ1n) is 11.1. The van der Waals surface area contributed by atoms with E-state index < -0.39 is 11.5 Å². The second-order valence-electron chi connectivity index (χ2n) is 8.73. The molecule has 0 radical (unpaired) electrons. The normalized spacial score (nSPS) is 16.4. The Labute approximate surface area is 201 Å². The summed E-state index contributed by atoms with van der Waals surface area (Å²) in [6.45, 7) is 12.5. The predicted octanol–water partition coefficient (Wildman–Crippen LogP) is 3.62. The van der Waals surface area contributed by atoms with Crippen molar-refractivity contribution in [2.24, 2.45) is 0 Å². The van der Waals surface area contributed by atoms with Crippen LogP contribution in [0.2, 0.25) is 5.15 Å². The zero-order valence-electron chi connectivity index (χ0n) is 19.5. The molecular formula is C24H26ClFN6O2. The van der Waals surface area contributed by atoms with E-state index in [0.29, 0.717) is 42.2 Å². The van der Waals surface area contributed by atoms with E-state index in [0.717, 1.165) is 5.56 Å². The maximum atomic E-state index is 14.6. The molecule has 4 rings (SSSR count). The maximum absolute atomic E-state index is 14.6. The Morgan fingerprint density at radius 2 is 2.06 bits per heavy atom. The van der Waals surface area contributed by atoms with Crippen LogP contribution in [0.1, 0.15) is 37.9 Å². The van der Waals surface area contributed by atoms with Gasteiger partial charge in [-0.05, 0) is 43.5 Å². The molecule has 1 saturated heterocycles. The first-order chi connectivity index (χ1) is 16.1. The average Bonchev–Trinajstić information content (AvgIpc) is 2.79. The fraction of sp³-hybridized carbons (Fsp3) is 0.375. The van der Waals surface area contributed by atoms with Crippen LogP contribution in [0.3, 0.4) is 0 Å². The minimum atomic E-state index is -0.706. The number of piperazine rings is 1. The number of carbonyl (C=O) groups is 1. The molecule has 0 aliphatic carbocycles. The number of halogens is 2. The Morgan fingerprint density at radius 3 is 2.71 bits per heavy atom. The van der Waals surface area contributed by atoms with Crippen LogP contribution in [0.25, 0.3) is 16.7 Å². The van der Waals surface area contributed by atoms with Crippen molar-refractivity contribution in [3.05, 3.63) is 63.7 Å². The first-order valence-corrected chi connectivity index (χ1v) is 11.4. The summed E-state index contributed by atoms with van der Waals surface area (Å²) < 4.78 is 16.0. The highest BCUT2D eigenvalue weighted by molar-refractivity contribution is 6.30. The minimum absolute atomic E-state index is 0.0174. The van der Waals surface area contributed by atoms with E-state index >= 15 is 0 Å². The van der Waals surface area contributed by atoms with Crippen molar-refractivity contribution in [2.45, 2.75) is 39.7 Å². The molecule has 1 aliphatic rings. The molecule has 1 aliphatic heterocycles. The summed E-state index contributed by atoms with van der Waals surface area (Å²) in [5.41, 5.74) is 1.72. The van der Waals surface area contributed by atoms with Gasteiger partial charge in [-0.3, -0.25) is 9.78 Å². The van der Waals surface area contributed by atoms with Gasteiger partial charge < -0.3 is 9.80 Å². The van der Waals surface area contributed by atoms with Crippen LogP contribution in [0, 0.1) is 12.7 Å². The molecule has 0 spiro atoms. The van der Waals surface area contributed by atoms with Crippen LogP contribution in [0.5, 0.6) is 0 Å². The van der Waals surface area contributed by atoms with E-state index in [2.05, 4.69) is 21.5 Å². The topological polar surface area (TPSA) is 84.2 Å². The summed E-state index contributed by atoms with van der Waals surface area (Å²) in [6.07, 6.45) is 2.97. The minimum Gasteiger partial charge on any atom is -0.352 e. The molecule has 1 atom stereocenters.